The topological polar surface area (TPSA) is 74.2 Å². The summed E-state index contributed by atoms with van der Waals surface area (Å²) in [5, 5.41) is 17.7. The van der Waals surface area contributed by atoms with Crippen molar-refractivity contribution in [2.75, 3.05) is 6.61 Å². The predicted octanol–water partition coefficient (Wildman–Crippen LogP) is 3.16. The Bertz CT molecular complexity index is 630. The second-order valence-corrected chi connectivity index (χ2v) is 6.56. The number of thiazole rings is 1. The molecular formula is C17H23N3O2S. The molecule has 1 heterocycles. The van der Waals surface area contributed by atoms with Gasteiger partial charge in [-0.25, -0.2) is 9.78 Å². The van der Waals surface area contributed by atoms with Crippen LogP contribution in [-0.2, 0) is 6.54 Å². The van der Waals surface area contributed by atoms with Crippen LogP contribution in [0.3, 0.4) is 0 Å². The lowest BCUT2D eigenvalue weighted by Crippen LogP contribution is -2.50. The van der Waals surface area contributed by atoms with Gasteiger partial charge in [0.15, 0.2) is 0 Å². The molecule has 6 heteroatoms. The number of benzene rings is 1. The van der Waals surface area contributed by atoms with E-state index in [-0.39, 0.29) is 12.6 Å². The summed E-state index contributed by atoms with van der Waals surface area (Å²) in [6.07, 6.45) is 1.29. The van der Waals surface area contributed by atoms with Crippen molar-refractivity contribution in [3.05, 3.63) is 41.4 Å². The van der Waals surface area contributed by atoms with Crippen LogP contribution in [-0.4, -0.2) is 28.3 Å². The minimum Gasteiger partial charge on any atom is -0.396 e. The van der Waals surface area contributed by atoms with Crippen molar-refractivity contribution in [3.8, 4) is 10.6 Å². The smallest absolute Gasteiger partial charge is 0.315 e. The molecule has 5 nitrogen and oxygen atoms in total. The van der Waals surface area contributed by atoms with E-state index in [1.165, 1.54) is 0 Å². The number of urea groups is 1. The fraction of sp³-hybridized carbons (Fsp3) is 0.412. The lowest BCUT2D eigenvalue weighted by molar-refractivity contribution is 0.200. The number of hydrogen-bond donors (Lipinski definition) is 3. The van der Waals surface area contributed by atoms with Gasteiger partial charge in [-0.15, -0.1) is 11.3 Å². The van der Waals surface area contributed by atoms with Crippen molar-refractivity contribution in [1.82, 2.24) is 15.6 Å². The molecule has 23 heavy (non-hydrogen) atoms. The molecule has 2 rings (SSSR count). The maximum atomic E-state index is 12.0. The van der Waals surface area contributed by atoms with Crippen molar-refractivity contribution >= 4 is 17.4 Å². The molecule has 0 saturated heterocycles. The first-order chi connectivity index (χ1) is 11.1. The largest absolute Gasteiger partial charge is 0.396 e. The maximum absolute atomic E-state index is 12.0. The van der Waals surface area contributed by atoms with Crippen LogP contribution in [0.25, 0.3) is 10.6 Å². The van der Waals surface area contributed by atoms with Crippen molar-refractivity contribution in [1.29, 1.82) is 0 Å². The highest BCUT2D eigenvalue weighted by Gasteiger charge is 2.23. The number of carbonyl (C=O) groups is 1. The van der Waals surface area contributed by atoms with E-state index in [0.29, 0.717) is 13.0 Å². The number of nitrogens with one attached hydrogen (secondary N) is 2. The van der Waals surface area contributed by atoms with Crippen molar-refractivity contribution in [2.45, 2.75) is 38.8 Å². The van der Waals surface area contributed by atoms with Gasteiger partial charge in [0.1, 0.15) is 5.01 Å². The molecule has 2 aromatic rings. The monoisotopic (exact) mass is 333 g/mol. The normalized spacial score (nSPS) is 13.3. The SMILES string of the molecule is CCC(C)(CCO)NC(=O)NCc1csc(-c2ccccc2)n1. The molecule has 0 bridgehead atoms. The Morgan fingerprint density at radius 2 is 2.09 bits per heavy atom. The van der Waals surface area contributed by atoms with Gasteiger partial charge in [0.05, 0.1) is 12.2 Å². The zero-order chi connectivity index (χ0) is 16.7. The molecular weight excluding hydrogens is 310 g/mol. The number of hydrogen-bond acceptors (Lipinski definition) is 4. The molecule has 0 aliphatic heterocycles. The van der Waals surface area contributed by atoms with E-state index in [2.05, 4.69) is 15.6 Å². The van der Waals surface area contributed by atoms with E-state index < -0.39 is 5.54 Å². The van der Waals surface area contributed by atoms with Crippen molar-refractivity contribution < 1.29 is 9.90 Å². The Balaban J connectivity index is 1.89. The van der Waals surface area contributed by atoms with E-state index in [1.54, 1.807) is 11.3 Å². The van der Waals surface area contributed by atoms with Crippen LogP contribution < -0.4 is 10.6 Å². The molecule has 0 radical (unpaired) electrons. The molecule has 1 atom stereocenters. The Morgan fingerprint density at radius 1 is 1.35 bits per heavy atom. The van der Waals surface area contributed by atoms with Crippen LogP contribution in [0.5, 0.6) is 0 Å². The number of nitrogens with zero attached hydrogens (tertiary/aromatic N) is 1. The number of aromatic nitrogens is 1. The lowest BCUT2D eigenvalue weighted by Gasteiger charge is -2.28. The van der Waals surface area contributed by atoms with Gasteiger partial charge in [-0.3, -0.25) is 0 Å². The maximum Gasteiger partial charge on any atom is 0.315 e. The lowest BCUT2D eigenvalue weighted by atomic mass is 9.95. The summed E-state index contributed by atoms with van der Waals surface area (Å²) in [6, 6.07) is 9.73. The van der Waals surface area contributed by atoms with E-state index in [0.717, 1.165) is 22.7 Å². The Labute approximate surface area is 140 Å². The number of aliphatic hydroxyl groups is 1. The van der Waals surface area contributed by atoms with Gasteiger partial charge in [-0.2, -0.15) is 0 Å². The van der Waals surface area contributed by atoms with Crippen LogP contribution in [0.2, 0.25) is 0 Å². The second-order valence-electron chi connectivity index (χ2n) is 5.71. The Kier molecular flexibility index (Phi) is 6.12. The summed E-state index contributed by atoms with van der Waals surface area (Å²) >= 11 is 1.56. The predicted molar refractivity (Wildman–Crippen MR) is 93.3 cm³/mol. The molecule has 0 saturated carbocycles. The zero-order valence-corrected chi connectivity index (χ0v) is 14.3. The third-order valence-electron chi connectivity index (χ3n) is 3.86. The molecule has 0 aliphatic carbocycles. The molecule has 1 aromatic heterocycles. The first kappa shape index (κ1) is 17.4. The first-order valence-electron chi connectivity index (χ1n) is 7.73. The summed E-state index contributed by atoms with van der Waals surface area (Å²) in [5.74, 6) is 0. The fourth-order valence-corrected chi connectivity index (χ4v) is 2.99. The minimum absolute atomic E-state index is 0.0527. The highest BCUT2D eigenvalue weighted by atomic mass is 32.1. The van der Waals surface area contributed by atoms with E-state index in [1.807, 2.05) is 49.6 Å². The zero-order valence-electron chi connectivity index (χ0n) is 13.5. The number of aliphatic hydroxyl groups excluding tert-OH is 1. The Hall–Kier alpha value is -1.92. The summed E-state index contributed by atoms with van der Waals surface area (Å²) in [7, 11) is 0. The third kappa shape index (κ3) is 5.04. The quantitative estimate of drug-likeness (QED) is 0.728. The minimum atomic E-state index is -0.393. The van der Waals surface area contributed by atoms with Gasteiger partial charge in [0, 0.05) is 23.1 Å². The van der Waals surface area contributed by atoms with E-state index in [4.69, 9.17) is 5.11 Å². The average molecular weight is 333 g/mol. The summed E-state index contributed by atoms with van der Waals surface area (Å²) in [4.78, 5) is 16.6. The first-order valence-corrected chi connectivity index (χ1v) is 8.61. The molecule has 124 valence electrons. The average Bonchev–Trinajstić information content (AvgIpc) is 3.03. The summed E-state index contributed by atoms with van der Waals surface area (Å²) < 4.78 is 0. The van der Waals surface area contributed by atoms with E-state index in [9.17, 15) is 4.79 Å². The molecule has 3 N–H and O–H groups in total. The molecule has 1 unspecified atom stereocenters. The Morgan fingerprint density at radius 3 is 2.74 bits per heavy atom. The highest BCUT2D eigenvalue weighted by molar-refractivity contribution is 7.13. The number of carbonyl (C=O) groups excluding carboxylic acids is 1. The third-order valence-corrected chi connectivity index (χ3v) is 4.80. The van der Waals surface area contributed by atoms with Crippen molar-refractivity contribution in [3.63, 3.8) is 0 Å². The number of rotatable bonds is 7. The highest BCUT2D eigenvalue weighted by Crippen LogP contribution is 2.23. The van der Waals surface area contributed by atoms with Crippen LogP contribution in [0.4, 0.5) is 4.79 Å². The van der Waals surface area contributed by atoms with Crippen molar-refractivity contribution in [2.24, 2.45) is 0 Å². The van der Waals surface area contributed by atoms with Crippen LogP contribution in [0.1, 0.15) is 32.4 Å². The summed E-state index contributed by atoms with van der Waals surface area (Å²) in [6.45, 7) is 4.35. The van der Waals surface area contributed by atoms with Gasteiger partial charge in [0.25, 0.3) is 0 Å². The number of amides is 2. The molecule has 1 aromatic carbocycles. The molecule has 0 spiro atoms. The van der Waals surface area contributed by atoms with Gasteiger partial charge >= 0.3 is 6.03 Å². The van der Waals surface area contributed by atoms with Gasteiger partial charge in [0.2, 0.25) is 0 Å². The van der Waals surface area contributed by atoms with Crippen LogP contribution in [0, 0.1) is 0 Å². The van der Waals surface area contributed by atoms with Crippen LogP contribution in [0.15, 0.2) is 35.7 Å². The second kappa shape index (κ2) is 8.08. The van der Waals surface area contributed by atoms with Gasteiger partial charge in [-0.1, -0.05) is 37.3 Å². The van der Waals surface area contributed by atoms with E-state index >= 15 is 0 Å². The fourth-order valence-electron chi connectivity index (χ4n) is 2.17. The summed E-state index contributed by atoms with van der Waals surface area (Å²) in [5.41, 5.74) is 1.52. The molecule has 0 aliphatic rings. The molecule has 2 amide bonds. The van der Waals surface area contributed by atoms with Gasteiger partial charge in [-0.05, 0) is 19.8 Å². The van der Waals surface area contributed by atoms with Gasteiger partial charge < -0.3 is 15.7 Å². The van der Waals surface area contributed by atoms with Crippen LogP contribution >= 0.6 is 11.3 Å². The molecule has 0 fully saturated rings. The standard InChI is InChI=1S/C17H23N3O2S/c1-3-17(2,9-10-21)20-16(22)18-11-14-12-23-15(19-14)13-7-5-4-6-8-13/h4-8,12,21H,3,9-11H2,1-2H3,(H2,18,20,22).